The molecule has 0 aliphatic heterocycles. The van der Waals surface area contributed by atoms with Crippen LogP contribution in [-0.2, 0) is 4.79 Å². The van der Waals surface area contributed by atoms with Gasteiger partial charge >= 0.3 is 6.61 Å². The van der Waals surface area contributed by atoms with Crippen molar-refractivity contribution < 1.29 is 23.1 Å². The zero-order valence-corrected chi connectivity index (χ0v) is 13.6. The van der Waals surface area contributed by atoms with E-state index in [0.717, 1.165) is 19.3 Å². The Hall–Kier alpha value is -2.18. The highest BCUT2D eigenvalue weighted by atomic mass is 19.3. The lowest BCUT2D eigenvalue weighted by Gasteiger charge is -2.29. The maximum atomic E-state index is 12.1. The van der Waals surface area contributed by atoms with Crippen LogP contribution in [0.2, 0.25) is 0 Å². The van der Waals surface area contributed by atoms with Gasteiger partial charge in [-0.2, -0.15) is 8.78 Å². The lowest BCUT2D eigenvalue weighted by Crippen LogP contribution is -2.45. The fourth-order valence-corrected chi connectivity index (χ4v) is 2.84. The second-order valence-corrected chi connectivity index (χ2v) is 6.02. The molecule has 5 nitrogen and oxygen atoms in total. The van der Waals surface area contributed by atoms with Gasteiger partial charge < -0.3 is 15.4 Å². The Morgan fingerprint density at radius 2 is 1.88 bits per heavy atom. The zero-order chi connectivity index (χ0) is 17.5. The molecule has 2 N–H and O–H groups in total. The number of hydrogen-bond acceptors (Lipinski definition) is 3. The summed E-state index contributed by atoms with van der Waals surface area (Å²) < 4.78 is 28.3. The number of benzene rings is 1. The molecule has 1 fully saturated rings. The van der Waals surface area contributed by atoms with E-state index in [2.05, 4.69) is 22.3 Å². The van der Waals surface area contributed by atoms with E-state index in [-0.39, 0.29) is 29.8 Å². The summed E-state index contributed by atoms with van der Waals surface area (Å²) in [7, 11) is 0. The quantitative estimate of drug-likeness (QED) is 0.837. The molecule has 24 heavy (non-hydrogen) atoms. The number of hydrogen-bond donors (Lipinski definition) is 2. The van der Waals surface area contributed by atoms with Gasteiger partial charge in [-0.25, -0.2) is 0 Å². The highest BCUT2D eigenvalue weighted by molar-refractivity contribution is 5.96. The second kappa shape index (κ2) is 8.61. The SMILES string of the molecule is C[C@@H]1CCCC[C@H]1NC(=O)CNC(=O)c1ccc(OC(F)F)cc1. The van der Waals surface area contributed by atoms with Gasteiger partial charge in [0, 0.05) is 11.6 Å². The third kappa shape index (κ3) is 5.47. The summed E-state index contributed by atoms with van der Waals surface area (Å²) in [6.07, 6.45) is 4.36. The lowest BCUT2D eigenvalue weighted by molar-refractivity contribution is -0.121. The Labute approximate surface area is 139 Å². The molecule has 1 aliphatic rings. The minimum Gasteiger partial charge on any atom is -0.435 e. The van der Waals surface area contributed by atoms with Crippen LogP contribution < -0.4 is 15.4 Å². The van der Waals surface area contributed by atoms with E-state index < -0.39 is 12.5 Å². The number of nitrogens with one attached hydrogen (secondary N) is 2. The van der Waals surface area contributed by atoms with Gasteiger partial charge in [0.25, 0.3) is 5.91 Å². The molecular weight excluding hydrogens is 318 g/mol. The van der Waals surface area contributed by atoms with Crippen molar-refractivity contribution in [1.29, 1.82) is 0 Å². The molecule has 2 atom stereocenters. The standard InChI is InChI=1S/C17H22F2N2O3/c1-11-4-2-3-5-14(11)21-15(22)10-20-16(23)12-6-8-13(9-7-12)24-17(18)19/h6-9,11,14,17H,2-5,10H2,1H3,(H,20,23)(H,21,22)/t11-,14-/m1/s1. The van der Waals surface area contributed by atoms with Crippen LogP contribution in [0.5, 0.6) is 5.75 Å². The molecule has 0 spiro atoms. The highest BCUT2D eigenvalue weighted by Crippen LogP contribution is 2.23. The zero-order valence-electron chi connectivity index (χ0n) is 13.6. The third-order valence-corrected chi connectivity index (χ3v) is 4.21. The van der Waals surface area contributed by atoms with E-state index in [0.29, 0.717) is 5.92 Å². The van der Waals surface area contributed by atoms with Gasteiger partial charge in [0.2, 0.25) is 5.91 Å². The first kappa shape index (κ1) is 18.2. The van der Waals surface area contributed by atoms with Gasteiger partial charge in [0.1, 0.15) is 5.75 Å². The van der Waals surface area contributed by atoms with Crippen LogP contribution in [0.15, 0.2) is 24.3 Å². The molecule has 1 aromatic rings. The van der Waals surface area contributed by atoms with Gasteiger partial charge in [-0.1, -0.05) is 19.8 Å². The summed E-state index contributed by atoms with van der Waals surface area (Å²) in [5.74, 6) is -0.239. The fraction of sp³-hybridized carbons (Fsp3) is 0.529. The molecule has 1 aromatic carbocycles. The van der Waals surface area contributed by atoms with E-state index in [1.54, 1.807) is 0 Å². The van der Waals surface area contributed by atoms with E-state index in [1.165, 1.54) is 30.7 Å². The third-order valence-electron chi connectivity index (χ3n) is 4.21. The maximum Gasteiger partial charge on any atom is 0.387 e. The van der Waals surface area contributed by atoms with E-state index >= 15 is 0 Å². The van der Waals surface area contributed by atoms with Crippen molar-refractivity contribution in [3.63, 3.8) is 0 Å². The normalized spacial score (nSPS) is 20.5. The fourth-order valence-electron chi connectivity index (χ4n) is 2.84. The summed E-state index contributed by atoms with van der Waals surface area (Å²) in [6.45, 7) is -0.904. The Kier molecular flexibility index (Phi) is 6.52. The molecule has 7 heteroatoms. The molecule has 0 bridgehead atoms. The number of rotatable bonds is 6. The largest absolute Gasteiger partial charge is 0.435 e. The first-order chi connectivity index (χ1) is 11.5. The molecule has 1 aliphatic carbocycles. The first-order valence-electron chi connectivity index (χ1n) is 8.08. The van der Waals surface area contributed by atoms with Crippen molar-refractivity contribution in [2.24, 2.45) is 5.92 Å². The molecule has 1 saturated carbocycles. The lowest BCUT2D eigenvalue weighted by atomic mass is 9.86. The van der Waals surface area contributed by atoms with Crippen molar-refractivity contribution in [2.75, 3.05) is 6.54 Å². The van der Waals surface area contributed by atoms with Crippen molar-refractivity contribution in [3.05, 3.63) is 29.8 Å². The maximum absolute atomic E-state index is 12.1. The van der Waals surface area contributed by atoms with Crippen LogP contribution in [0.25, 0.3) is 0 Å². The van der Waals surface area contributed by atoms with Crippen LogP contribution in [0.3, 0.4) is 0 Å². The Balaban J connectivity index is 1.78. The summed E-state index contributed by atoms with van der Waals surface area (Å²) in [6, 6.07) is 5.46. The molecule has 0 heterocycles. The molecule has 0 radical (unpaired) electrons. The van der Waals surface area contributed by atoms with Crippen LogP contribution in [0.4, 0.5) is 8.78 Å². The minimum absolute atomic E-state index is 0.0226. The van der Waals surface area contributed by atoms with Gasteiger partial charge in [-0.05, 0) is 43.0 Å². The first-order valence-corrected chi connectivity index (χ1v) is 8.08. The van der Waals surface area contributed by atoms with Gasteiger partial charge in [-0.3, -0.25) is 9.59 Å². The summed E-state index contributed by atoms with van der Waals surface area (Å²) in [5, 5.41) is 5.47. The number of amides is 2. The average Bonchev–Trinajstić information content (AvgIpc) is 2.55. The predicted molar refractivity (Wildman–Crippen MR) is 85.0 cm³/mol. The second-order valence-electron chi connectivity index (χ2n) is 6.02. The van der Waals surface area contributed by atoms with E-state index in [9.17, 15) is 18.4 Å². The smallest absolute Gasteiger partial charge is 0.387 e. The molecule has 132 valence electrons. The number of carbonyl (C=O) groups is 2. The van der Waals surface area contributed by atoms with E-state index in [1.807, 2.05) is 0 Å². The Morgan fingerprint density at radius 3 is 2.50 bits per heavy atom. The highest BCUT2D eigenvalue weighted by Gasteiger charge is 2.22. The van der Waals surface area contributed by atoms with E-state index in [4.69, 9.17) is 0 Å². The number of alkyl halides is 2. The number of carbonyl (C=O) groups excluding carboxylic acids is 2. The van der Waals surface area contributed by atoms with Crippen LogP contribution in [0.1, 0.15) is 43.0 Å². The Morgan fingerprint density at radius 1 is 1.21 bits per heavy atom. The summed E-state index contributed by atoms with van der Waals surface area (Å²) >= 11 is 0. The van der Waals surface area contributed by atoms with Gasteiger partial charge in [0.15, 0.2) is 0 Å². The number of halogens is 2. The summed E-state index contributed by atoms with van der Waals surface area (Å²) in [5.41, 5.74) is 0.274. The molecule has 0 aromatic heterocycles. The van der Waals surface area contributed by atoms with Crippen LogP contribution in [0, 0.1) is 5.92 Å². The number of ether oxygens (including phenoxy) is 1. The average molecular weight is 340 g/mol. The molecule has 2 amide bonds. The van der Waals surface area contributed by atoms with Crippen molar-refractivity contribution in [1.82, 2.24) is 10.6 Å². The summed E-state index contributed by atoms with van der Waals surface area (Å²) in [4.78, 5) is 23.9. The molecule has 2 rings (SSSR count). The molecular formula is C17H22F2N2O3. The monoisotopic (exact) mass is 340 g/mol. The minimum atomic E-state index is -2.91. The van der Waals surface area contributed by atoms with Crippen molar-refractivity contribution >= 4 is 11.8 Å². The van der Waals surface area contributed by atoms with Crippen LogP contribution in [-0.4, -0.2) is 31.0 Å². The van der Waals surface area contributed by atoms with Crippen molar-refractivity contribution in [3.8, 4) is 5.75 Å². The predicted octanol–water partition coefficient (Wildman–Crippen LogP) is 2.71. The Bertz CT molecular complexity index is 563. The van der Waals surface area contributed by atoms with Gasteiger partial charge in [-0.15, -0.1) is 0 Å². The topological polar surface area (TPSA) is 67.4 Å². The molecule has 0 unspecified atom stereocenters. The van der Waals surface area contributed by atoms with Gasteiger partial charge in [0.05, 0.1) is 6.54 Å². The van der Waals surface area contributed by atoms with Crippen LogP contribution >= 0.6 is 0 Å². The molecule has 0 saturated heterocycles. The van der Waals surface area contributed by atoms with Crippen molar-refractivity contribution in [2.45, 2.75) is 45.3 Å².